The van der Waals surface area contributed by atoms with Gasteiger partial charge in [0, 0.05) is 6.61 Å². The number of nitrogens with one attached hydrogen (secondary N) is 1. The summed E-state index contributed by atoms with van der Waals surface area (Å²) in [7, 11) is 1.63. The van der Waals surface area contributed by atoms with Crippen LogP contribution < -0.4 is 5.32 Å². The number of aliphatic carboxylic acids is 1. The Balaban J connectivity index is 0. The fraction of sp³-hybridized carbons (Fsp3) is 0.875. The zero-order valence-corrected chi connectivity index (χ0v) is 9.06. The average molecular weight is 212 g/mol. The monoisotopic (exact) mass is 211 g/mol. The van der Waals surface area contributed by atoms with Crippen molar-refractivity contribution in [3.63, 3.8) is 0 Å². The number of carboxylic acids is 1. The second kappa shape index (κ2) is 8.29. The van der Waals surface area contributed by atoms with Gasteiger partial charge in [-0.2, -0.15) is 0 Å². The summed E-state index contributed by atoms with van der Waals surface area (Å²) in [5.74, 6) is -0.829. The molecule has 0 bridgehead atoms. The van der Waals surface area contributed by atoms with Gasteiger partial charge in [-0.25, -0.2) is 0 Å². The van der Waals surface area contributed by atoms with Gasteiger partial charge in [0.25, 0.3) is 0 Å². The van der Waals surface area contributed by atoms with Gasteiger partial charge in [0.05, 0.1) is 6.10 Å². The molecule has 0 unspecified atom stereocenters. The molecule has 0 saturated carbocycles. The molecule has 0 aromatic rings. The van der Waals surface area contributed by atoms with E-state index in [1.54, 1.807) is 7.05 Å². The number of carboxylic acid groups (broad SMARTS) is 1. The summed E-state index contributed by atoms with van der Waals surface area (Å²) in [6, 6.07) is -0.497. The maximum atomic E-state index is 10.5. The third kappa shape index (κ3) is 8.02. The van der Waals surface area contributed by atoms with Gasteiger partial charge in [0.2, 0.25) is 0 Å². The molecule has 80 valence electrons. The maximum Gasteiger partial charge on any atom is 0.320 e. The van der Waals surface area contributed by atoms with Crippen LogP contribution in [-0.4, -0.2) is 36.9 Å². The van der Waals surface area contributed by atoms with E-state index in [2.05, 4.69) is 5.32 Å². The minimum absolute atomic E-state index is 0. The molecule has 0 fully saturated rings. The molecule has 0 amide bonds. The van der Waals surface area contributed by atoms with E-state index >= 15 is 0 Å². The lowest BCUT2D eigenvalue weighted by Gasteiger charge is -2.12. The summed E-state index contributed by atoms with van der Waals surface area (Å²) in [4.78, 5) is 10.5. The molecule has 0 aliphatic carbocycles. The highest BCUT2D eigenvalue weighted by atomic mass is 35.5. The van der Waals surface area contributed by atoms with Gasteiger partial charge in [-0.3, -0.25) is 4.79 Å². The molecule has 0 aromatic heterocycles. The Morgan fingerprint density at radius 2 is 2.08 bits per heavy atom. The fourth-order valence-electron chi connectivity index (χ4n) is 0.813. The van der Waals surface area contributed by atoms with Crippen LogP contribution in [0.25, 0.3) is 0 Å². The van der Waals surface area contributed by atoms with Gasteiger partial charge in [-0.1, -0.05) is 0 Å². The van der Waals surface area contributed by atoms with Crippen LogP contribution in [0.2, 0.25) is 0 Å². The Kier molecular flexibility index (Phi) is 9.67. The first-order valence-corrected chi connectivity index (χ1v) is 4.09. The molecule has 0 heterocycles. The van der Waals surface area contributed by atoms with Crippen LogP contribution in [-0.2, 0) is 9.53 Å². The van der Waals surface area contributed by atoms with Crippen molar-refractivity contribution in [1.82, 2.24) is 5.32 Å². The van der Waals surface area contributed by atoms with Gasteiger partial charge < -0.3 is 15.2 Å². The van der Waals surface area contributed by atoms with Crippen LogP contribution >= 0.6 is 12.4 Å². The molecule has 0 aromatic carbocycles. The molecular formula is C8H18ClNO3. The van der Waals surface area contributed by atoms with Crippen molar-refractivity contribution in [1.29, 1.82) is 0 Å². The smallest absolute Gasteiger partial charge is 0.320 e. The fourth-order valence-corrected chi connectivity index (χ4v) is 0.813. The van der Waals surface area contributed by atoms with Crippen molar-refractivity contribution in [3.05, 3.63) is 0 Å². The van der Waals surface area contributed by atoms with E-state index in [1.807, 2.05) is 13.8 Å². The lowest BCUT2D eigenvalue weighted by Crippen LogP contribution is -2.35. The molecule has 0 radical (unpaired) electrons. The van der Waals surface area contributed by atoms with E-state index in [0.29, 0.717) is 13.0 Å². The quantitative estimate of drug-likeness (QED) is 0.686. The number of hydrogen-bond donors (Lipinski definition) is 2. The predicted octanol–water partition coefficient (Wildman–Crippen LogP) is 0.896. The number of hydrogen-bond acceptors (Lipinski definition) is 3. The van der Waals surface area contributed by atoms with Crippen LogP contribution in [0.4, 0.5) is 0 Å². The van der Waals surface area contributed by atoms with Crippen molar-refractivity contribution in [3.8, 4) is 0 Å². The summed E-state index contributed by atoms with van der Waals surface area (Å²) < 4.78 is 5.22. The normalized spacial score (nSPS) is 12.3. The van der Waals surface area contributed by atoms with Crippen LogP contribution in [0.1, 0.15) is 20.3 Å². The number of rotatable bonds is 6. The Morgan fingerprint density at radius 3 is 2.38 bits per heavy atom. The summed E-state index contributed by atoms with van der Waals surface area (Å²) in [6.45, 7) is 4.33. The standard InChI is InChI=1S/C8H17NO3.ClH/c1-6(2)12-5-4-7(9-3)8(10)11;/h6-7,9H,4-5H2,1-3H3,(H,10,11);1H/t7-;/m0./s1. The van der Waals surface area contributed by atoms with E-state index in [1.165, 1.54) is 0 Å². The molecule has 0 aliphatic rings. The van der Waals surface area contributed by atoms with Gasteiger partial charge in [-0.15, -0.1) is 12.4 Å². The summed E-state index contributed by atoms with van der Waals surface area (Å²) >= 11 is 0. The Bertz CT molecular complexity index is 141. The number of likely N-dealkylation sites (N-methyl/N-ethyl adjacent to an activating group) is 1. The second-order valence-corrected chi connectivity index (χ2v) is 2.89. The zero-order chi connectivity index (χ0) is 9.56. The van der Waals surface area contributed by atoms with E-state index in [-0.39, 0.29) is 18.5 Å². The lowest BCUT2D eigenvalue weighted by molar-refractivity contribution is -0.140. The van der Waals surface area contributed by atoms with Crippen molar-refractivity contribution in [2.45, 2.75) is 32.4 Å². The highest BCUT2D eigenvalue weighted by Crippen LogP contribution is 1.95. The van der Waals surface area contributed by atoms with E-state index in [9.17, 15) is 4.79 Å². The summed E-state index contributed by atoms with van der Waals surface area (Å²) in [5, 5.41) is 11.3. The van der Waals surface area contributed by atoms with Crippen LogP contribution in [0, 0.1) is 0 Å². The summed E-state index contributed by atoms with van der Waals surface area (Å²) in [5.41, 5.74) is 0. The predicted molar refractivity (Wildman–Crippen MR) is 53.4 cm³/mol. The topological polar surface area (TPSA) is 58.6 Å². The largest absolute Gasteiger partial charge is 0.480 e. The molecule has 5 heteroatoms. The van der Waals surface area contributed by atoms with Gasteiger partial charge in [0.15, 0.2) is 0 Å². The molecule has 0 rings (SSSR count). The van der Waals surface area contributed by atoms with Crippen molar-refractivity contribution in [2.24, 2.45) is 0 Å². The van der Waals surface area contributed by atoms with E-state index < -0.39 is 12.0 Å². The van der Waals surface area contributed by atoms with Crippen molar-refractivity contribution < 1.29 is 14.6 Å². The minimum atomic E-state index is -0.829. The average Bonchev–Trinajstić information content (AvgIpc) is 1.96. The van der Waals surface area contributed by atoms with Crippen molar-refractivity contribution >= 4 is 18.4 Å². The van der Waals surface area contributed by atoms with Crippen molar-refractivity contribution in [2.75, 3.05) is 13.7 Å². The highest BCUT2D eigenvalue weighted by molar-refractivity contribution is 5.85. The van der Waals surface area contributed by atoms with Gasteiger partial charge in [-0.05, 0) is 27.3 Å². The first-order valence-electron chi connectivity index (χ1n) is 4.09. The maximum absolute atomic E-state index is 10.5. The number of ether oxygens (including phenoxy) is 1. The van der Waals surface area contributed by atoms with Gasteiger partial charge in [0.1, 0.15) is 6.04 Å². The number of carbonyl (C=O) groups is 1. The van der Waals surface area contributed by atoms with Crippen LogP contribution in [0.15, 0.2) is 0 Å². The molecule has 0 spiro atoms. The molecular weight excluding hydrogens is 194 g/mol. The zero-order valence-electron chi connectivity index (χ0n) is 8.24. The van der Waals surface area contributed by atoms with Crippen LogP contribution in [0.3, 0.4) is 0 Å². The Hall–Kier alpha value is -0.320. The molecule has 2 N–H and O–H groups in total. The number of halogens is 1. The third-order valence-corrected chi connectivity index (χ3v) is 1.50. The summed E-state index contributed by atoms with van der Waals surface area (Å²) in [6.07, 6.45) is 0.667. The third-order valence-electron chi connectivity index (χ3n) is 1.50. The molecule has 0 aliphatic heterocycles. The Labute approximate surface area is 85.1 Å². The highest BCUT2D eigenvalue weighted by Gasteiger charge is 2.13. The SMILES string of the molecule is CN[C@@H](CCOC(C)C)C(=O)O.Cl. The molecule has 1 atom stereocenters. The Morgan fingerprint density at radius 1 is 1.54 bits per heavy atom. The van der Waals surface area contributed by atoms with Gasteiger partial charge >= 0.3 is 5.97 Å². The van der Waals surface area contributed by atoms with E-state index in [4.69, 9.17) is 9.84 Å². The van der Waals surface area contributed by atoms with E-state index in [0.717, 1.165) is 0 Å². The minimum Gasteiger partial charge on any atom is -0.480 e. The first-order chi connectivity index (χ1) is 5.57. The second-order valence-electron chi connectivity index (χ2n) is 2.89. The first kappa shape index (κ1) is 15.2. The molecule has 0 saturated heterocycles. The van der Waals surface area contributed by atoms with Crippen LogP contribution in [0.5, 0.6) is 0 Å². The molecule has 13 heavy (non-hydrogen) atoms. The molecule has 4 nitrogen and oxygen atoms in total. The lowest BCUT2D eigenvalue weighted by atomic mass is 10.2.